The molecular weight excluding hydrogens is 434 g/mol. The molecule has 11 heteroatoms. The summed E-state index contributed by atoms with van der Waals surface area (Å²) in [5, 5.41) is 33.2. The summed E-state index contributed by atoms with van der Waals surface area (Å²) in [4.78, 5) is 49.8. The number of esters is 1. The number of phenols is 1. The van der Waals surface area contributed by atoms with Gasteiger partial charge in [-0.3, -0.25) is 9.59 Å². The molecule has 0 unspecified atom stereocenters. The van der Waals surface area contributed by atoms with E-state index in [1.807, 2.05) is 0 Å². The zero-order chi connectivity index (χ0) is 24.1. The van der Waals surface area contributed by atoms with E-state index >= 15 is 0 Å². The number of aromatic hydroxyl groups is 1. The Kier molecular flexibility index (Phi) is 6.94. The van der Waals surface area contributed by atoms with Crippen molar-refractivity contribution in [3.8, 4) is 5.75 Å². The van der Waals surface area contributed by atoms with Crippen LogP contribution in [0.5, 0.6) is 5.75 Å². The third-order valence-corrected chi connectivity index (χ3v) is 4.83. The number of carboxylic acid groups (broad SMARTS) is 1. The van der Waals surface area contributed by atoms with Crippen LogP contribution >= 0.6 is 0 Å². The monoisotopic (exact) mass is 455 g/mol. The molecule has 2 aromatic rings. The molecule has 0 radical (unpaired) electrons. The lowest BCUT2D eigenvalue weighted by Crippen LogP contribution is -2.31. The molecular formula is C22H21N3O8. The summed E-state index contributed by atoms with van der Waals surface area (Å²) < 4.78 is 4.74. The third kappa shape index (κ3) is 5.10. The first-order valence-electron chi connectivity index (χ1n) is 9.71. The van der Waals surface area contributed by atoms with Gasteiger partial charge in [0.15, 0.2) is 0 Å². The highest BCUT2D eigenvalue weighted by molar-refractivity contribution is 6.09. The Morgan fingerprint density at radius 2 is 1.88 bits per heavy atom. The Bertz CT molecular complexity index is 1160. The number of nitrogens with one attached hydrogen (secondary N) is 2. The standard InChI is InChI=1S/C22H21N3O8/c1-33-22(32)16-11-25(7-8-26)20(29)18(16)23-13-4-2-3-12(9-13)19(28)24-14-5-6-17(27)15(10-14)21(30)31/h2-6,9-10,23,26-27H,7-8,11H2,1H3,(H,24,28)(H,30,31). The second-order valence-electron chi connectivity index (χ2n) is 6.99. The first-order chi connectivity index (χ1) is 15.7. The molecule has 1 aliphatic rings. The number of carbonyl (C=O) groups is 4. The summed E-state index contributed by atoms with van der Waals surface area (Å²) in [6.07, 6.45) is 0. The average molecular weight is 455 g/mol. The van der Waals surface area contributed by atoms with E-state index in [0.717, 1.165) is 12.1 Å². The van der Waals surface area contributed by atoms with E-state index < -0.39 is 29.5 Å². The van der Waals surface area contributed by atoms with Gasteiger partial charge in [-0.05, 0) is 36.4 Å². The highest BCUT2D eigenvalue weighted by Crippen LogP contribution is 2.25. The number of aromatic carboxylic acids is 1. The quantitative estimate of drug-likeness (QED) is 0.288. The van der Waals surface area contributed by atoms with Gasteiger partial charge in [0.1, 0.15) is 17.0 Å². The minimum absolute atomic E-state index is 0.0162. The van der Waals surface area contributed by atoms with Crippen LogP contribution in [0.1, 0.15) is 20.7 Å². The van der Waals surface area contributed by atoms with Crippen molar-refractivity contribution in [1.29, 1.82) is 0 Å². The van der Waals surface area contributed by atoms with Crippen molar-refractivity contribution in [3.63, 3.8) is 0 Å². The maximum Gasteiger partial charge on any atom is 0.339 e. The van der Waals surface area contributed by atoms with Crippen LogP contribution in [0.15, 0.2) is 53.7 Å². The number of carboxylic acids is 1. The average Bonchev–Trinajstić information content (AvgIpc) is 3.10. The Balaban J connectivity index is 1.82. The molecule has 0 bridgehead atoms. The number of methoxy groups -OCH3 is 1. The van der Waals surface area contributed by atoms with Gasteiger partial charge in [0, 0.05) is 23.5 Å². The fourth-order valence-electron chi connectivity index (χ4n) is 3.22. The summed E-state index contributed by atoms with van der Waals surface area (Å²) in [5.74, 6) is -3.53. The van der Waals surface area contributed by atoms with Gasteiger partial charge in [-0.2, -0.15) is 0 Å². The number of rotatable bonds is 8. The summed E-state index contributed by atoms with van der Waals surface area (Å²) in [5.41, 5.74) is 0.402. The molecule has 172 valence electrons. The molecule has 3 rings (SSSR count). The maximum absolute atomic E-state index is 12.7. The van der Waals surface area contributed by atoms with E-state index in [9.17, 15) is 24.3 Å². The molecule has 5 N–H and O–H groups in total. The molecule has 0 saturated heterocycles. The second-order valence-corrected chi connectivity index (χ2v) is 6.99. The van der Waals surface area contributed by atoms with E-state index in [-0.39, 0.29) is 47.8 Å². The van der Waals surface area contributed by atoms with E-state index in [4.69, 9.17) is 14.9 Å². The van der Waals surface area contributed by atoms with Crippen LogP contribution in [0, 0.1) is 0 Å². The number of hydrogen-bond donors (Lipinski definition) is 5. The van der Waals surface area contributed by atoms with Gasteiger partial charge in [0.2, 0.25) is 0 Å². The Morgan fingerprint density at radius 1 is 1.12 bits per heavy atom. The number of anilines is 2. The van der Waals surface area contributed by atoms with E-state index in [0.29, 0.717) is 5.69 Å². The van der Waals surface area contributed by atoms with Gasteiger partial charge >= 0.3 is 11.9 Å². The summed E-state index contributed by atoms with van der Waals surface area (Å²) in [6, 6.07) is 9.71. The normalized spacial score (nSPS) is 13.2. The fourth-order valence-corrected chi connectivity index (χ4v) is 3.22. The summed E-state index contributed by atoms with van der Waals surface area (Å²) in [6.45, 7) is -0.261. The number of carbonyl (C=O) groups excluding carboxylic acids is 3. The molecule has 0 saturated carbocycles. The van der Waals surface area contributed by atoms with Crippen molar-refractivity contribution in [1.82, 2.24) is 4.90 Å². The number of amides is 2. The lowest BCUT2D eigenvalue weighted by Gasteiger charge is -2.15. The van der Waals surface area contributed by atoms with Crippen molar-refractivity contribution in [2.45, 2.75) is 0 Å². The lowest BCUT2D eigenvalue weighted by atomic mass is 10.1. The van der Waals surface area contributed by atoms with Crippen LogP contribution in [0.25, 0.3) is 0 Å². The van der Waals surface area contributed by atoms with Gasteiger partial charge in [0.05, 0.1) is 25.8 Å². The third-order valence-electron chi connectivity index (χ3n) is 4.83. The molecule has 0 fully saturated rings. The molecule has 0 spiro atoms. The predicted octanol–water partition coefficient (Wildman–Crippen LogP) is 1.02. The van der Waals surface area contributed by atoms with Crippen LogP contribution < -0.4 is 10.6 Å². The molecule has 1 aliphatic heterocycles. The lowest BCUT2D eigenvalue weighted by molar-refractivity contribution is -0.136. The van der Waals surface area contributed by atoms with E-state index in [1.54, 1.807) is 12.1 Å². The Labute approximate surface area is 187 Å². The van der Waals surface area contributed by atoms with Crippen LogP contribution in [-0.2, 0) is 14.3 Å². The number of nitrogens with zero attached hydrogens (tertiary/aromatic N) is 1. The Morgan fingerprint density at radius 3 is 2.55 bits per heavy atom. The number of aliphatic hydroxyl groups excluding tert-OH is 1. The van der Waals surface area contributed by atoms with E-state index in [1.165, 1.54) is 30.2 Å². The van der Waals surface area contributed by atoms with Crippen molar-refractivity contribution in [3.05, 3.63) is 64.9 Å². The molecule has 2 amide bonds. The topological polar surface area (TPSA) is 166 Å². The van der Waals surface area contributed by atoms with Crippen molar-refractivity contribution < 1.29 is 39.2 Å². The van der Waals surface area contributed by atoms with Crippen LogP contribution in [0.2, 0.25) is 0 Å². The van der Waals surface area contributed by atoms with Gasteiger partial charge in [-0.15, -0.1) is 0 Å². The van der Waals surface area contributed by atoms with Gasteiger partial charge in [-0.25, -0.2) is 9.59 Å². The SMILES string of the molecule is COC(=O)C1=C(Nc2cccc(C(=O)Nc3ccc(O)c(C(=O)O)c3)c2)C(=O)N(CCO)C1. The van der Waals surface area contributed by atoms with Gasteiger partial charge in [0.25, 0.3) is 11.8 Å². The molecule has 2 aromatic carbocycles. The number of β-amino-alcohol motifs (C(OH)–C–C–N with tert-alkyl or cyclic N) is 1. The fraction of sp³-hybridized carbons (Fsp3) is 0.182. The summed E-state index contributed by atoms with van der Waals surface area (Å²) in [7, 11) is 1.19. The smallest absolute Gasteiger partial charge is 0.339 e. The molecule has 0 aromatic heterocycles. The minimum Gasteiger partial charge on any atom is -0.507 e. The molecule has 11 nitrogen and oxygen atoms in total. The largest absolute Gasteiger partial charge is 0.507 e. The summed E-state index contributed by atoms with van der Waals surface area (Å²) >= 11 is 0. The first kappa shape index (κ1) is 23.3. The molecule has 33 heavy (non-hydrogen) atoms. The highest BCUT2D eigenvalue weighted by Gasteiger charge is 2.34. The van der Waals surface area contributed by atoms with Crippen molar-refractivity contribution >= 4 is 35.1 Å². The molecule has 1 heterocycles. The molecule has 0 aliphatic carbocycles. The van der Waals surface area contributed by atoms with Gasteiger partial charge < -0.3 is 35.6 Å². The van der Waals surface area contributed by atoms with Crippen molar-refractivity contribution in [2.24, 2.45) is 0 Å². The Hall–Kier alpha value is -4.38. The van der Waals surface area contributed by atoms with Crippen LogP contribution in [0.4, 0.5) is 11.4 Å². The first-order valence-corrected chi connectivity index (χ1v) is 9.71. The number of aliphatic hydroxyl groups is 1. The zero-order valence-corrected chi connectivity index (χ0v) is 17.5. The number of hydrogen-bond acceptors (Lipinski definition) is 8. The predicted molar refractivity (Wildman–Crippen MR) is 116 cm³/mol. The van der Waals surface area contributed by atoms with E-state index in [2.05, 4.69) is 10.6 Å². The highest BCUT2D eigenvalue weighted by atomic mass is 16.5. The zero-order valence-electron chi connectivity index (χ0n) is 17.5. The van der Waals surface area contributed by atoms with Crippen molar-refractivity contribution in [2.75, 3.05) is 37.4 Å². The molecule has 0 atom stereocenters. The van der Waals surface area contributed by atoms with Gasteiger partial charge in [-0.1, -0.05) is 6.07 Å². The maximum atomic E-state index is 12.7. The minimum atomic E-state index is -1.35. The number of benzene rings is 2. The van der Waals surface area contributed by atoms with Crippen LogP contribution in [0.3, 0.4) is 0 Å². The second kappa shape index (κ2) is 9.83. The number of ether oxygens (including phenoxy) is 1. The van der Waals surface area contributed by atoms with Crippen LogP contribution in [-0.4, -0.2) is 70.8 Å².